The summed E-state index contributed by atoms with van der Waals surface area (Å²) >= 11 is 0. The molecule has 0 unspecified atom stereocenters. The molecule has 0 saturated carbocycles. The highest BCUT2D eigenvalue weighted by Gasteiger charge is 2.39. The normalized spacial score (nSPS) is 18.0. The maximum Gasteiger partial charge on any atom is 0.259 e. The van der Waals surface area contributed by atoms with E-state index in [1.807, 2.05) is 6.07 Å². The van der Waals surface area contributed by atoms with Gasteiger partial charge in [-0.05, 0) is 47.5 Å². The minimum absolute atomic E-state index is 0. The van der Waals surface area contributed by atoms with Crippen LogP contribution in [-0.4, -0.2) is 48.2 Å². The predicted molar refractivity (Wildman–Crippen MR) is 121 cm³/mol. The molecule has 2 heterocycles. The van der Waals surface area contributed by atoms with Crippen molar-refractivity contribution < 1.29 is 24.2 Å². The Morgan fingerprint density at radius 2 is 2.12 bits per heavy atom. The number of morpholine rings is 1. The average Bonchev–Trinajstić information content (AvgIpc) is 3.18. The van der Waals surface area contributed by atoms with E-state index in [1.165, 1.54) is 17.0 Å². The number of halogens is 1. The highest BCUT2D eigenvalue weighted by molar-refractivity contribution is 6.04. The van der Waals surface area contributed by atoms with E-state index in [9.17, 15) is 19.5 Å². The third-order valence-electron chi connectivity index (χ3n) is 5.47. The summed E-state index contributed by atoms with van der Waals surface area (Å²) in [7, 11) is 0. The van der Waals surface area contributed by atoms with Crippen molar-refractivity contribution in [2.75, 3.05) is 23.4 Å². The van der Waals surface area contributed by atoms with E-state index in [0.717, 1.165) is 5.56 Å². The number of aliphatic hydroxyl groups excluding tert-OH is 1. The van der Waals surface area contributed by atoms with Crippen LogP contribution in [0.15, 0.2) is 36.4 Å². The summed E-state index contributed by atoms with van der Waals surface area (Å²) in [5, 5.41) is 24.9. The minimum Gasteiger partial charge on any atom is -0.380 e. The van der Waals surface area contributed by atoms with Gasteiger partial charge in [0.05, 0.1) is 18.2 Å². The van der Waals surface area contributed by atoms with Crippen LogP contribution >= 0.6 is 12.4 Å². The highest BCUT2D eigenvalue weighted by Crippen LogP contribution is 2.26. The number of anilines is 2. The van der Waals surface area contributed by atoms with Crippen molar-refractivity contribution in [1.82, 2.24) is 5.32 Å². The Hall–Kier alpha value is -3.49. The maximum atomic E-state index is 13.0. The molecule has 0 spiro atoms. The first-order valence-electron chi connectivity index (χ1n) is 9.99. The number of nitrogens with one attached hydrogen (secondary N) is 2. The van der Waals surface area contributed by atoms with Gasteiger partial charge in [-0.25, -0.2) is 0 Å². The largest absolute Gasteiger partial charge is 0.380 e. The first kappa shape index (κ1) is 24.2. The van der Waals surface area contributed by atoms with E-state index in [4.69, 9.17) is 15.7 Å². The predicted octanol–water partition coefficient (Wildman–Crippen LogP) is 0.414. The highest BCUT2D eigenvalue weighted by atomic mass is 35.5. The van der Waals surface area contributed by atoms with Gasteiger partial charge in [0.25, 0.3) is 17.7 Å². The van der Waals surface area contributed by atoms with E-state index in [-0.39, 0.29) is 38.0 Å². The molecule has 2 aromatic carbocycles. The molecule has 0 bridgehead atoms. The fourth-order valence-corrected chi connectivity index (χ4v) is 3.78. The van der Waals surface area contributed by atoms with Crippen molar-refractivity contribution >= 4 is 41.5 Å². The number of fused-ring (bicyclic) bond motifs is 1. The minimum atomic E-state index is -1.75. The number of carbonyl (C=O) groups is 3. The smallest absolute Gasteiger partial charge is 0.259 e. The number of hydrogen-bond donors (Lipinski definition) is 4. The number of nitriles is 1. The van der Waals surface area contributed by atoms with Crippen molar-refractivity contribution in [2.45, 2.75) is 25.3 Å². The van der Waals surface area contributed by atoms with Crippen LogP contribution in [0.3, 0.4) is 0 Å². The van der Waals surface area contributed by atoms with Crippen molar-refractivity contribution in [1.29, 1.82) is 5.26 Å². The fraction of sp³-hybridized carbons (Fsp3) is 0.273. The lowest BCUT2D eigenvalue weighted by Crippen LogP contribution is -2.55. The second-order valence-electron chi connectivity index (χ2n) is 7.43. The molecule has 0 aliphatic carbocycles. The summed E-state index contributed by atoms with van der Waals surface area (Å²) in [4.78, 5) is 38.8. The van der Waals surface area contributed by atoms with Crippen molar-refractivity contribution in [3.05, 3.63) is 58.7 Å². The zero-order chi connectivity index (χ0) is 22.8. The SMILES string of the molecule is Cl.N#Cc1ccc(NC(=O)[C@H](O)[C@H]2OCCN(c3ccc4c(c3)CNC4=O)C2=O)cc1CN. The number of carbonyl (C=O) groups excluding carboxylic acids is 3. The van der Waals surface area contributed by atoms with Crippen LogP contribution in [0.25, 0.3) is 0 Å². The Morgan fingerprint density at radius 3 is 2.85 bits per heavy atom. The number of aliphatic hydroxyl groups is 1. The summed E-state index contributed by atoms with van der Waals surface area (Å²) in [6.07, 6.45) is -3.14. The molecule has 1 saturated heterocycles. The molecular weight excluding hydrogens is 450 g/mol. The number of ether oxygens (including phenoxy) is 1. The second-order valence-corrected chi connectivity index (χ2v) is 7.43. The van der Waals surface area contributed by atoms with Gasteiger partial charge in [-0.3, -0.25) is 14.4 Å². The Labute approximate surface area is 195 Å². The number of rotatable bonds is 5. The lowest BCUT2D eigenvalue weighted by atomic mass is 10.1. The molecule has 3 amide bonds. The van der Waals surface area contributed by atoms with Crippen LogP contribution in [0, 0.1) is 11.3 Å². The topological polar surface area (TPSA) is 158 Å². The molecule has 172 valence electrons. The van der Waals surface area contributed by atoms with Crippen molar-refractivity contribution in [2.24, 2.45) is 5.73 Å². The molecule has 1 fully saturated rings. The van der Waals surface area contributed by atoms with Crippen LogP contribution in [0.4, 0.5) is 11.4 Å². The van der Waals surface area contributed by atoms with E-state index in [2.05, 4.69) is 10.6 Å². The standard InChI is InChI=1S/C22H21N5O5.ClH/c23-9-12-1-2-15(7-13(12)10-24)26-21(30)18(28)19-22(31)27(5-6-32-19)16-3-4-17-14(8-16)11-25-20(17)29;/h1-4,7-8,18-19,28H,5-6,10-11,24H2,(H,25,29)(H,26,30);1H/t18-,19-;/m1./s1. The van der Waals surface area contributed by atoms with Gasteiger partial charge < -0.3 is 31.1 Å². The molecule has 11 heteroatoms. The summed E-state index contributed by atoms with van der Waals surface area (Å²) in [5.41, 5.74) is 8.79. The van der Waals surface area contributed by atoms with Gasteiger partial charge in [0.15, 0.2) is 12.2 Å². The lowest BCUT2D eigenvalue weighted by molar-refractivity contribution is -0.150. The van der Waals surface area contributed by atoms with Crippen LogP contribution < -0.4 is 21.3 Å². The molecule has 0 aromatic heterocycles. The van der Waals surface area contributed by atoms with E-state index >= 15 is 0 Å². The van der Waals surface area contributed by atoms with E-state index in [0.29, 0.717) is 34.6 Å². The molecule has 33 heavy (non-hydrogen) atoms. The molecule has 2 aromatic rings. The average molecular weight is 472 g/mol. The third-order valence-corrected chi connectivity index (χ3v) is 5.47. The summed E-state index contributed by atoms with van der Waals surface area (Å²) in [6, 6.07) is 11.6. The summed E-state index contributed by atoms with van der Waals surface area (Å²) in [5.74, 6) is -1.54. The summed E-state index contributed by atoms with van der Waals surface area (Å²) in [6.45, 7) is 0.864. The number of benzene rings is 2. The van der Waals surface area contributed by atoms with Gasteiger partial charge in [-0.1, -0.05) is 0 Å². The van der Waals surface area contributed by atoms with Crippen LogP contribution in [-0.2, 0) is 27.4 Å². The molecule has 2 aliphatic rings. The molecule has 10 nitrogen and oxygen atoms in total. The Balaban J connectivity index is 0.00000306. The van der Waals surface area contributed by atoms with Gasteiger partial charge >= 0.3 is 0 Å². The quantitative estimate of drug-likeness (QED) is 0.491. The third kappa shape index (κ3) is 4.67. The number of nitrogens with zero attached hydrogens (tertiary/aromatic N) is 2. The van der Waals surface area contributed by atoms with Crippen LogP contribution in [0.2, 0.25) is 0 Å². The lowest BCUT2D eigenvalue weighted by Gasteiger charge is -2.34. The Morgan fingerprint density at radius 1 is 1.33 bits per heavy atom. The molecule has 2 atom stereocenters. The molecular formula is C22H22ClN5O5. The maximum absolute atomic E-state index is 13.0. The van der Waals surface area contributed by atoms with Gasteiger partial charge in [-0.15, -0.1) is 12.4 Å². The molecule has 4 rings (SSSR count). The zero-order valence-corrected chi connectivity index (χ0v) is 18.2. The first-order chi connectivity index (χ1) is 15.4. The van der Waals surface area contributed by atoms with Gasteiger partial charge in [0, 0.05) is 36.6 Å². The molecule has 0 radical (unpaired) electrons. The van der Waals surface area contributed by atoms with Crippen LogP contribution in [0.5, 0.6) is 0 Å². The van der Waals surface area contributed by atoms with Gasteiger partial charge in [0.2, 0.25) is 0 Å². The number of amides is 3. The summed E-state index contributed by atoms with van der Waals surface area (Å²) < 4.78 is 5.42. The van der Waals surface area contributed by atoms with Gasteiger partial charge in [0.1, 0.15) is 0 Å². The fourth-order valence-electron chi connectivity index (χ4n) is 3.78. The van der Waals surface area contributed by atoms with Crippen molar-refractivity contribution in [3.63, 3.8) is 0 Å². The number of nitrogens with two attached hydrogens (primary N) is 1. The van der Waals surface area contributed by atoms with E-state index < -0.39 is 24.0 Å². The second kappa shape index (κ2) is 9.97. The zero-order valence-electron chi connectivity index (χ0n) is 17.4. The van der Waals surface area contributed by atoms with Crippen LogP contribution in [0.1, 0.15) is 27.0 Å². The molecule has 5 N–H and O–H groups in total. The van der Waals surface area contributed by atoms with Crippen molar-refractivity contribution in [3.8, 4) is 6.07 Å². The molecule has 2 aliphatic heterocycles. The van der Waals surface area contributed by atoms with Gasteiger partial charge in [-0.2, -0.15) is 5.26 Å². The monoisotopic (exact) mass is 471 g/mol. The Bertz CT molecular complexity index is 1150. The number of hydrogen-bond acceptors (Lipinski definition) is 7. The van der Waals surface area contributed by atoms with E-state index in [1.54, 1.807) is 24.3 Å². The Kier molecular flexibility index (Phi) is 7.30. The first-order valence-corrected chi connectivity index (χ1v) is 9.99.